The number of carbonyl (C=O) groups excluding carboxylic acids is 1. The number of β-lactam (4-membered cyclic amide) rings is 1. The maximum Gasteiger partial charge on any atom is 0.269 e. The van der Waals surface area contributed by atoms with Crippen LogP contribution in [0.4, 0.5) is 0 Å². The summed E-state index contributed by atoms with van der Waals surface area (Å²) in [7, 11) is 0. The highest BCUT2D eigenvalue weighted by molar-refractivity contribution is 9.25. The number of nitrogens with zero attached hydrogens (tertiary/aromatic N) is 3. The molecule has 33 heavy (non-hydrogen) atoms. The first kappa shape index (κ1) is 23.9. The van der Waals surface area contributed by atoms with Crippen LogP contribution in [0, 0.1) is 6.92 Å². The molecule has 0 bridgehead atoms. The van der Waals surface area contributed by atoms with E-state index >= 15 is 0 Å². The van der Waals surface area contributed by atoms with Crippen LogP contribution in [0.1, 0.15) is 22.9 Å². The van der Waals surface area contributed by atoms with Crippen LogP contribution in [0.3, 0.4) is 0 Å². The monoisotopic (exact) mass is 673 g/mol. The molecule has 1 spiro atoms. The first-order valence-electron chi connectivity index (χ1n) is 10.2. The van der Waals surface area contributed by atoms with Gasteiger partial charge in [0.05, 0.1) is 21.7 Å². The minimum atomic E-state index is -1.09. The number of aromatic nitrogens is 2. The number of hydrogen-bond donors (Lipinski definition) is 0. The van der Waals surface area contributed by atoms with Gasteiger partial charge in [-0.15, -0.1) is 0 Å². The summed E-state index contributed by atoms with van der Waals surface area (Å²) in [5.41, 5.74) is 3.48. The summed E-state index contributed by atoms with van der Waals surface area (Å²) < 4.78 is 7.42. The lowest BCUT2D eigenvalue weighted by Crippen LogP contribution is -2.66. The molecule has 2 fully saturated rings. The highest BCUT2D eigenvalue weighted by Gasteiger charge is 2.70. The average molecular weight is 677 g/mol. The predicted molar refractivity (Wildman–Crippen MR) is 143 cm³/mol. The van der Waals surface area contributed by atoms with E-state index in [1.807, 2.05) is 72.5 Å². The Morgan fingerprint density at radius 3 is 2.42 bits per heavy atom. The molecule has 0 N–H and O–H groups in total. The van der Waals surface area contributed by atoms with E-state index in [0.717, 1.165) is 22.5 Å². The Labute approximate surface area is 226 Å². The molecule has 1 unspecified atom stereocenters. The Hall–Kier alpha value is -0.840. The number of likely N-dealkylation sites (tertiary alicyclic amines) is 1. The second-order valence-electron chi connectivity index (χ2n) is 8.00. The molecule has 10 heteroatoms. The van der Waals surface area contributed by atoms with Crippen molar-refractivity contribution in [3.8, 4) is 5.69 Å². The number of ether oxygens (including phenoxy) is 1. The summed E-state index contributed by atoms with van der Waals surface area (Å²) in [5.74, 6) is -0.0637. The second-order valence-corrected chi connectivity index (χ2v) is 14.9. The van der Waals surface area contributed by atoms with Gasteiger partial charge in [0, 0.05) is 12.1 Å². The van der Waals surface area contributed by atoms with E-state index in [-0.39, 0.29) is 9.64 Å². The highest BCUT2D eigenvalue weighted by Crippen LogP contribution is 2.65. The minimum Gasteiger partial charge on any atom is -0.351 e. The molecule has 172 valence electrons. The number of rotatable bonds is 5. The molecule has 1 aromatic heterocycles. The fourth-order valence-electron chi connectivity index (χ4n) is 4.29. The third-order valence-corrected chi connectivity index (χ3v) is 12.3. The highest BCUT2D eigenvalue weighted by atomic mass is 79.9. The first-order chi connectivity index (χ1) is 15.8. The van der Waals surface area contributed by atoms with Gasteiger partial charge in [-0.1, -0.05) is 120 Å². The molecule has 2 aliphatic rings. The van der Waals surface area contributed by atoms with Crippen molar-refractivity contribution in [1.82, 2.24) is 14.7 Å². The Morgan fingerprint density at radius 2 is 1.82 bits per heavy atom. The largest absolute Gasteiger partial charge is 0.351 e. The molecular formula is C23H19Br3ClN3O2S. The maximum absolute atomic E-state index is 13.6. The Kier molecular flexibility index (Phi) is 6.50. The number of benzene rings is 2. The molecule has 0 saturated carbocycles. The number of halogens is 4. The van der Waals surface area contributed by atoms with Gasteiger partial charge in [-0.2, -0.15) is 5.10 Å². The van der Waals surface area contributed by atoms with Crippen LogP contribution in [0.15, 0.2) is 60.7 Å². The molecule has 2 aliphatic heterocycles. The van der Waals surface area contributed by atoms with E-state index in [9.17, 15) is 4.79 Å². The molecule has 5 rings (SSSR count). The quantitative estimate of drug-likeness (QED) is 0.226. The zero-order valence-electron chi connectivity index (χ0n) is 17.4. The molecule has 2 aromatic carbocycles. The number of carbonyl (C=O) groups is 1. The molecular weight excluding hydrogens is 658 g/mol. The van der Waals surface area contributed by atoms with Crippen LogP contribution in [0.5, 0.6) is 0 Å². The third kappa shape index (κ3) is 3.93. The molecule has 0 radical (unpaired) electrons. The van der Waals surface area contributed by atoms with Crippen molar-refractivity contribution in [2.75, 3.05) is 6.61 Å². The summed E-state index contributed by atoms with van der Waals surface area (Å²) >= 11 is 19.4. The molecule has 5 nitrogen and oxygen atoms in total. The lowest BCUT2D eigenvalue weighted by molar-refractivity contribution is -0.181. The van der Waals surface area contributed by atoms with Crippen LogP contribution in [-0.4, -0.2) is 39.5 Å². The maximum atomic E-state index is 13.6. The number of hydrogen-bond acceptors (Lipinski definition) is 4. The molecule has 3 aromatic rings. The van der Waals surface area contributed by atoms with Gasteiger partial charge in [-0.25, -0.2) is 4.68 Å². The second kappa shape index (κ2) is 8.99. The summed E-state index contributed by atoms with van der Waals surface area (Å²) in [6.45, 7) is 2.74. The zero-order chi connectivity index (χ0) is 23.4. The first-order valence-corrected chi connectivity index (χ1v) is 14.1. The Balaban J connectivity index is 1.60. The summed E-state index contributed by atoms with van der Waals surface area (Å²) in [6, 6.07) is 19.3. The fraction of sp³-hybridized carbons (Fsp3) is 0.304. The molecule has 2 saturated heterocycles. The van der Waals surface area contributed by atoms with Crippen molar-refractivity contribution in [3.05, 3.63) is 82.6 Å². The number of alkyl halides is 3. The van der Waals surface area contributed by atoms with Crippen LogP contribution in [-0.2, 0) is 16.1 Å². The number of para-hydroxylation sites is 1. The van der Waals surface area contributed by atoms with Gasteiger partial charge in [0.1, 0.15) is 14.9 Å². The predicted octanol–water partition coefficient (Wildman–Crippen LogP) is 6.58. The Bertz CT molecular complexity index is 1200. The summed E-state index contributed by atoms with van der Waals surface area (Å²) in [5, 5.41) is 5.21. The number of amides is 1. The van der Waals surface area contributed by atoms with Crippen molar-refractivity contribution >= 4 is 77.1 Å². The van der Waals surface area contributed by atoms with Crippen LogP contribution in [0.25, 0.3) is 5.69 Å². The van der Waals surface area contributed by atoms with E-state index < -0.39 is 14.6 Å². The van der Waals surface area contributed by atoms with Gasteiger partial charge in [-0.3, -0.25) is 4.79 Å². The van der Waals surface area contributed by atoms with Gasteiger partial charge in [-0.05, 0) is 24.6 Å². The van der Waals surface area contributed by atoms with E-state index in [2.05, 4.69) is 47.8 Å². The van der Waals surface area contributed by atoms with Gasteiger partial charge in [0.25, 0.3) is 5.91 Å². The van der Waals surface area contributed by atoms with Gasteiger partial charge < -0.3 is 9.64 Å². The van der Waals surface area contributed by atoms with E-state index in [0.29, 0.717) is 18.3 Å². The van der Waals surface area contributed by atoms with Gasteiger partial charge >= 0.3 is 0 Å². The van der Waals surface area contributed by atoms with E-state index in [4.69, 9.17) is 21.4 Å². The topological polar surface area (TPSA) is 47.4 Å². The standard InChI is InChI=1S/C23H19Br3ClN3O2S/c1-14-17(19(27)30(28-14)16-10-6-3-7-11-16)18-23(32-13-22(26,33-23)20(24)25)21(31)29(18)12-15-8-4-2-5-9-15/h2-11,18,20H,12-13H2,1H3/t18-,22?,23+/m1/s1. The summed E-state index contributed by atoms with van der Waals surface area (Å²) in [6.07, 6.45) is 0. The normalized spacial score (nSPS) is 26.9. The fourth-order valence-corrected chi connectivity index (χ4v) is 7.72. The average Bonchev–Trinajstić information content (AvgIpc) is 3.34. The molecule has 1 amide bonds. The SMILES string of the molecule is Cc1nn(-c2ccccc2)c(Cl)c1[C@H]1N(Cc2ccccc2)C(=O)[C@]12OCC(Br)(C(Br)Br)S2. The van der Waals surface area contributed by atoms with E-state index in [1.54, 1.807) is 4.68 Å². The van der Waals surface area contributed by atoms with Crippen molar-refractivity contribution < 1.29 is 9.53 Å². The van der Waals surface area contributed by atoms with Crippen molar-refractivity contribution in [1.29, 1.82) is 0 Å². The lowest BCUT2D eigenvalue weighted by Gasteiger charge is -2.53. The van der Waals surface area contributed by atoms with Crippen LogP contribution < -0.4 is 0 Å². The molecule has 0 aliphatic carbocycles. The van der Waals surface area contributed by atoms with Crippen LogP contribution in [0.2, 0.25) is 5.15 Å². The van der Waals surface area contributed by atoms with Gasteiger partial charge in [0.2, 0.25) is 4.93 Å². The smallest absolute Gasteiger partial charge is 0.269 e. The number of aryl methyl sites for hydroxylation is 1. The molecule has 3 atom stereocenters. The minimum absolute atomic E-state index is 0.0637. The molecule has 3 heterocycles. The lowest BCUT2D eigenvalue weighted by atomic mass is 9.89. The summed E-state index contributed by atoms with van der Waals surface area (Å²) in [4.78, 5) is 14.4. The third-order valence-electron chi connectivity index (χ3n) is 5.88. The van der Waals surface area contributed by atoms with Crippen molar-refractivity contribution in [3.63, 3.8) is 0 Å². The van der Waals surface area contributed by atoms with E-state index in [1.165, 1.54) is 11.8 Å². The van der Waals surface area contributed by atoms with Crippen molar-refractivity contribution in [2.24, 2.45) is 0 Å². The number of thioether (sulfide) groups is 1. The van der Waals surface area contributed by atoms with Crippen molar-refractivity contribution in [2.45, 2.75) is 31.8 Å². The Morgan fingerprint density at radius 1 is 1.18 bits per heavy atom. The van der Waals surface area contributed by atoms with Crippen LogP contribution >= 0.6 is 71.2 Å². The zero-order valence-corrected chi connectivity index (χ0v) is 23.8. The van der Waals surface area contributed by atoms with Gasteiger partial charge in [0.15, 0.2) is 0 Å².